The van der Waals surface area contributed by atoms with Crippen molar-refractivity contribution < 1.29 is 19.4 Å². The lowest BCUT2D eigenvalue weighted by Gasteiger charge is -2.38. The van der Waals surface area contributed by atoms with Gasteiger partial charge in [-0.25, -0.2) is 9.59 Å². The summed E-state index contributed by atoms with van der Waals surface area (Å²) in [5.74, 6) is -1.000. The number of amides is 1. The Bertz CT molecular complexity index is 597. The van der Waals surface area contributed by atoms with Crippen molar-refractivity contribution in [3.05, 3.63) is 34.9 Å². The van der Waals surface area contributed by atoms with Crippen LogP contribution >= 0.6 is 11.6 Å². The number of rotatable bonds is 2. The number of ether oxygens (including phenoxy) is 1. The molecule has 6 heteroatoms. The number of carbonyl (C=O) groups is 2. The van der Waals surface area contributed by atoms with Gasteiger partial charge >= 0.3 is 12.1 Å². The van der Waals surface area contributed by atoms with E-state index in [0.717, 1.165) is 5.56 Å². The van der Waals surface area contributed by atoms with Gasteiger partial charge in [-0.15, -0.1) is 0 Å². The van der Waals surface area contributed by atoms with Gasteiger partial charge in [-0.05, 0) is 45.2 Å². The van der Waals surface area contributed by atoms with Crippen LogP contribution in [0, 0.1) is 0 Å². The molecule has 1 aliphatic heterocycles. The fourth-order valence-corrected chi connectivity index (χ4v) is 3.10. The summed E-state index contributed by atoms with van der Waals surface area (Å²) in [6, 6.07) is 6.60. The molecule has 1 N–H and O–H groups in total. The predicted molar refractivity (Wildman–Crippen MR) is 87.8 cm³/mol. The Morgan fingerprint density at radius 3 is 2.48 bits per heavy atom. The van der Waals surface area contributed by atoms with Crippen LogP contribution in [-0.4, -0.2) is 40.3 Å². The zero-order valence-electron chi connectivity index (χ0n) is 13.6. The third-order valence-corrected chi connectivity index (χ3v) is 4.18. The Morgan fingerprint density at radius 1 is 1.26 bits per heavy atom. The molecule has 1 aliphatic rings. The number of hydrogen-bond acceptors (Lipinski definition) is 3. The van der Waals surface area contributed by atoms with E-state index in [0.29, 0.717) is 17.9 Å². The van der Waals surface area contributed by atoms with Gasteiger partial charge in [-0.3, -0.25) is 4.90 Å². The van der Waals surface area contributed by atoms with Crippen LogP contribution in [0.4, 0.5) is 4.79 Å². The molecule has 1 fully saturated rings. The second-order valence-electron chi connectivity index (χ2n) is 6.78. The predicted octanol–water partition coefficient (Wildman–Crippen LogP) is 3.91. The molecule has 1 aromatic rings. The van der Waals surface area contributed by atoms with Gasteiger partial charge in [0.05, 0.1) is 0 Å². The molecule has 0 spiro atoms. The maximum Gasteiger partial charge on any atom is 0.411 e. The maximum absolute atomic E-state index is 12.4. The van der Waals surface area contributed by atoms with Crippen molar-refractivity contribution in [1.29, 1.82) is 0 Å². The van der Waals surface area contributed by atoms with E-state index >= 15 is 0 Å². The second kappa shape index (κ2) is 6.79. The lowest BCUT2D eigenvalue weighted by Crippen LogP contribution is -2.51. The number of benzene rings is 1. The highest BCUT2D eigenvalue weighted by atomic mass is 35.5. The van der Waals surface area contributed by atoms with Gasteiger partial charge in [0, 0.05) is 17.5 Å². The van der Waals surface area contributed by atoms with Gasteiger partial charge in [0.2, 0.25) is 0 Å². The van der Waals surface area contributed by atoms with Crippen LogP contribution in [0.5, 0.6) is 0 Å². The lowest BCUT2D eigenvalue weighted by atomic mass is 9.87. The van der Waals surface area contributed by atoms with Crippen molar-refractivity contribution in [3.8, 4) is 0 Å². The topological polar surface area (TPSA) is 66.8 Å². The van der Waals surface area contributed by atoms with Crippen LogP contribution in [0.15, 0.2) is 24.3 Å². The Balaban J connectivity index is 2.23. The van der Waals surface area contributed by atoms with Crippen molar-refractivity contribution in [1.82, 2.24) is 4.90 Å². The number of hydrogen-bond donors (Lipinski definition) is 1. The fraction of sp³-hybridized carbons (Fsp3) is 0.529. The molecule has 0 saturated carbocycles. The van der Waals surface area contributed by atoms with Crippen LogP contribution < -0.4 is 0 Å². The van der Waals surface area contributed by atoms with Crippen LogP contribution in [0.25, 0.3) is 0 Å². The highest BCUT2D eigenvalue weighted by molar-refractivity contribution is 6.31. The zero-order chi connectivity index (χ0) is 17.2. The molecule has 0 bridgehead atoms. The van der Waals surface area contributed by atoms with E-state index in [2.05, 4.69) is 0 Å². The molecule has 1 aromatic carbocycles. The second-order valence-corrected chi connectivity index (χ2v) is 7.19. The summed E-state index contributed by atoms with van der Waals surface area (Å²) in [7, 11) is 0. The Hall–Kier alpha value is -1.75. The van der Waals surface area contributed by atoms with Crippen LogP contribution in [0.3, 0.4) is 0 Å². The summed E-state index contributed by atoms with van der Waals surface area (Å²) in [6.45, 7) is 5.57. The first-order valence-electron chi connectivity index (χ1n) is 7.66. The van der Waals surface area contributed by atoms with E-state index in [1.807, 2.05) is 18.2 Å². The first-order valence-corrected chi connectivity index (χ1v) is 8.03. The lowest BCUT2D eigenvalue weighted by molar-refractivity contribution is -0.144. The molecule has 1 heterocycles. The van der Waals surface area contributed by atoms with Crippen molar-refractivity contribution in [2.24, 2.45) is 0 Å². The monoisotopic (exact) mass is 339 g/mol. The number of aliphatic carboxylic acids is 1. The van der Waals surface area contributed by atoms with Gasteiger partial charge < -0.3 is 9.84 Å². The minimum atomic E-state index is -1.01. The molecule has 2 unspecified atom stereocenters. The molecule has 0 radical (unpaired) electrons. The molecule has 0 aliphatic carbocycles. The van der Waals surface area contributed by atoms with E-state index in [9.17, 15) is 14.7 Å². The Labute approximate surface area is 141 Å². The SMILES string of the molecule is CC(C)(C)OC(=O)N1CC(c2ccccc2Cl)CCC1C(=O)O. The van der Waals surface area contributed by atoms with Crippen molar-refractivity contribution in [2.45, 2.75) is 51.2 Å². The van der Waals surface area contributed by atoms with Gasteiger partial charge in [0.1, 0.15) is 11.6 Å². The molecule has 23 heavy (non-hydrogen) atoms. The molecule has 0 aromatic heterocycles. The van der Waals surface area contributed by atoms with Gasteiger partial charge in [-0.2, -0.15) is 0 Å². The highest BCUT2D eigenvalue weighted by Gasteiger charge is 2.38. The van der Waals surface area contributed by atoms with E-state index in [1.165, 1.54) is 4.90 Å². The first kappa shape index (κ1) is 17.6. The minimum absolute atomic E-state index is 0.00631. The van der Waals surface area contributed by atoms with E-state index < -0.39 is 23.7 Å². The molecular formula is C17H22ClNO4. The van der Waals surface area contributed by atoms with Gasteiger partial charge in [0.25, 0.3) is 0 Å². The fourth-order valence-electron chi connectivity index (χ4n) is 2.81. The van der Waals surface area contributed by atoms with E-state index in [4.69, 9.17) is 16.3 Å². The minimum Gasteiger partial charge on any atom is -0.480 e. The first-order chi connectivity index (χ1) is 10.7. The van der Waals surface area contributed by atoms with E-state index in [-0.39, 0.29) is 12.5 Å². The normalized spacial score (nSPS) is 21.8. The zero-order valence-corrected chi connectivity index (χ0v) is 14.3. The highest BCUT2D eigenvalue weighted by Crippen LogP contribution is 2.34. The summed E-state index contributed by atoms with van der Waals surface area (Å²) in [5.41, 5.74) is 0.267. The average molecular weight is 340 g/mol. The smallest absolute Gasteiger partial charge is 0.411 e. The number of carboxylic acids is 1. The maximum atomic E-state index is 12.4. The standard InChI is InChI=1S/C17H22ClNO4/c1-17(2,3)23-16(22)19-10-11(8-9-14(19)15(20)21)12-6-4-5-7-13(12)18/h4-7,11,14H,8-10H2,1-3H3,(H,20,21). The summed E-state index contributed by atoms with van der Waals surface area (Å²) in [4.78, 5) is 25.2. The molecule has 126 valence electrons. The van der Waals surface area contributed by atoms with Gasteiger partial charge in [-0.1, -0.05) is 29.8 Å². The number of carbonyl (C=O) groups excluding carboxylic acids is 1. The quantitative estimate of drug-likeness (QED) is 0.887. The summed E-state index contributed by atoms with van der Waals surface area (Å²) >= 11 is 6.24. The molecule has 2 rings (SSSR count). The summed E-state index contributed by atoms with van der Waals surface area (Å²) in [5, 5.41) is 10.0. The van der Waals surface area contributed by atoms with E-state index in [1.54, 1.807) is 26.8 Å². The molecule has 2 atom stereocenters. The number of halogens is 1. The third-order valence-electron chi connectivity index (χ3n) is 3.84. The summed E-state index contributed by atoms with van der Waals surface area (Å²) in [6.07, 6.45) is 0.450. The Kier molecular flexibility index (Phi) is 5.19. The molecular weight excluding hydrogens is 318 g/mol. The van der Waals surface area contributed by atoms with Crippen LogP contribution in [0.2, 0.25) is 5.02 Å². The van der Waals surface area contributed by atoms with Crippen molar-refractivity contribution >= 4 is 23.7 Å². The third kappa shape index (κ3) is 4.38. The van der Waals surface area contributed by atoms with Crippen molar-refractivity contribution in [2.75, 3.05) is 6.54 Å². The van der Waals surface area contributed by atoms with Crippen LogP contribution in [0.1, 0.15) is 45.1 Å². The largest absolute Gasteiger partial charge is 0.480 e. The number of nitrogens with zero attached hydrogens (tertiary/aromatic N) is 1. The number of likely N-dealkylation sites (tertiary alicyclic amines) is 1. The summed E-state index contributed by atoms with van der Waals surface area (Å²) < 4.78 is 5.36. The molecule has 1 saturated heterocycles. The molecule has 1 amide bonds. The van der Waals surface area contributed by atoms with Crippen molar-refractivity contribution in [3.63, 3.8) is 0 Å². The van der Waals surface area contributed by atoms with Gasteiger partial charge in [0.15, 0.2) is 0 Å². The van der Waals surface area contributed by atoms with Crippen LogP contribution in [-0.2, 0) is 9.53 Å². The Morgan fingerprint density at radius 2 is 1.91 bits per heavy atom. The number of piperidine rings is 1. The average Bonchev–Trinajstić information content (AvgIpc) is 2.45. The molecule has 5 nitrogen and oxygen atoms in total. The number of carboxylic acid groups (broad SMARTS) is 1.